The molecule has 0 bridgehead atoms. The van der Waals surface area contributed by atoms with Crippen LogP contribution in [0.1, 0.15) is 17.3 Å². The lowest BCUT2D eigenvalue weighted by molar-refractivity contribution is 0.0992. The number of H-pyrrole nitrogens is 1. The monoisotopic (exact) mass is 379 g/mol. The number of anilines is 3. The first kappa shape index (κ1) is 19.0. The van der Waals surface area contributed by atoms with E-state index >= 15 is 0 Å². The zero-order valence-corrected chi connectivity index (χ0v) is 15.6. The molecule has 0 saturated heterocycles. The second kappa shape index (κ2) is 7.83. The highest BCUT2D eigenvalue weighted by molar-refractivity contribution is 6.06. The van der Waals surface area contributed by atoms with Crippen molar-refractivity contribution in [2.24, 2.45) is 0 Å². The summed E-state index contributed by atoms with van der Waals surface area (Å²) in [6.07, 6.45) is 0. The third-order valence-electron chi connectivity index (χ3n) is 4.22. The van der Waals surface area contributed by atoms with E-state index in [1.54, 1.807) is 30.1 Å². The Morgan fingerprint density at radius 3 is 2.54 bits per heavy atom. The normalized spacial score (nSPS) is 10.5. The van der Waals surface area contributed by atoms with Crippen LogP contribution in [0.3, 0.4) is 0 Å². The highest BCUT2D eigenvalue weighted by Gasteiger charge is 2.18. The van der Waals surface area contributed by atoms with Gasteiger partial charge in [0, 0.05) is 18.3 Å². The van der Waals surface area contributed by atoms with Gasteiger partial charge in [0.15, 0.2) is 5.82 Å². The molecule has 0 aliphatic carbocycles. The van der Waals surface area contributed by atoms with E-state index in [2.05, 4.69) is 9.97 Å². The number of hydrogen-bond acceptors (Lipinski definition) is 6. The molecule has 0 atom stereocenters. The number of aromatic amines is 1. The van der Waals surface area contributed by atoms with Crippen molar-refractivity contribution >= 4 is 23.1 Å². The van der Waals surface area contributed by atoms with Crippen molar-refractivity contribution in [3.05, 3.63) is 64.4 Å². The molecule has 0 saturated carbocycles. The maximum absolute atomic E-state index is 12.9. The van der Waals surface area contributed by atoms with Crippen LogP contribution in [-0.4, -0.2) is 29.5 Å². The molecule has 0 unspecified atom stereocenters. The molecule has 8 heteroatoms. The number of carbonyl (C=O) groups excluding carboxylic acids is 1. The van der Waals surface area contributed by atoms with E-state index in [4.69, 9.17) is 16.2 Å². The summed E-state index contributed by atoms with van der Waals surface area (Å²) in [6, 6.07) is 14.2. The number of ether oxygens (including phenoxy) is 1. The molecule has 3 rings (SSSR count). The van der Waals surface area contributed by atoms with E-state index in [0.717, 1.165) is 5.69 Å². The van der Waals surface area contributed by atoms with Crippen LogP contribution in [0.15, 0.2) is 53.3 Å². The van der Waals surface area contributed by atoms with E-state index in [1.165, 1.54) is 0 Å². The van der Waals surface area contributed by atoms with Crippen LogP contribution in [0, 0.1) is 0 Å². The highest BCUT2D eigenvalue weighted by atomic mass is 16.5. The largest absolute Gasteiger partial charge is 0.493 e. The van der Waals surface area contributed by atoms with Gasteiger partial charge in [-0.15, -0.1) is 0 Å². The maximum atomic E-state index is 12.9. The van der Waals surface area contributed by atoms with Gasteiger partial charge in [-0.25, -0.2) is 4.98 Å². The molecule has 3 aromatic rings. The first-order valence-electron chi connectivity index (χ1n) is 8.68. The SMILES string of the molecule is CCOc1cc(C(=O)N(C)c2ccccc2)ccc1-c1nc(N)c(N)c(=O)[nH]1. The van der Waals surface area contributed by atoms with E-state index in [0.29, 0.717) is 23.5 Å². The number of carbonyl (C=O) groups is 1. The molecule has 1 heterocycles. The van der Waals surface area contributed by atoms with Crippen LogP contribution in [0.5, 0.6) is 5.75 Å². The number of aromatic nitrogens is 2. The zero-order chi connectivity index (χ0) is 20.3. The van der Waals surface area contributed by atoms with Gasteiger partial charge >= 0.3 is 0 Å². The Balaban J connectivity index is 2.02. The molecule has 5 N–H and O–H groups in total. The van der Waals surface area contributed by atoms with Gasteiger partial charge in [0.2, 0.25) is 0 Å². The molecule has 0 aliphatic heterocycles. The number of benzene rings is 2. The van der Waals surface area contributed by atoms with E-state index in [-0.39, 0.29) is 23.2 Å². The summed E-state index contributed by atoms with van der Waals surface area (Å²) < 4.78 is 5.67. The second-order valence-electron chi connectivity index (χ2n) is 6.06. The third kappa shape index (κ3) is 3.66. The maximum Gasteiger partial charge on any atom is 0.276 e. The Bertz CT molecular complexity index is 1060. The molecule has 0 radical (unpaired) electrons. The summed E-state index contributed by atoms with van der Waals surface area (Å²) in [5, 5.41) is 0. The molecule has 28 heavy (non-hydrogen) atoms. The topological polar surface area (TPSA) is 127 Å². The predicted octanol–water partition coefficient (Wildman–Crippen LogP) is 2.28. The fourth-order valence-electron chi connectivity index (χ4n) is 2.72. The Kier molecular flexibility index (Phi) is 5.30. The standard InChI is InChI=1S/C20H21N5O3/c1-3-28-15-11-12(20(27)25(2)13-7-5-4-6-8-13)9-10-14(15)18-23-17(22)16(21)19(26)24-18/h4-11H,3,21H2,1-2H3,(H3,22,23,24,26). The minimum absolute atomic E-state index is 0.0647. The van der Waals surface area contributed by atoms with Crippen LogP contribution in [0.25, 0.3) is 11.4 Å². The molecule has 1 aromatic heterocycles. The zero-order valence-electron chi connectivity index (χ0n) is 15.6. The summed E-state index contributed by atoms with van der Waals surface area (Å²) >= 11 is 0. The summed E-state index contributed by atoms with van der Waals surface area (Å²) in [4.78, 5) is 33.0. The molecule has 8 nitrogen and oxygen atoms in total. The van der Waals surface area contributed by atoms with Gasteiger partial charge in [0.05, 0.1) is 12.2 Å². The smallest absolute Gasteiger partial charge is 0.276 e. The molecule has 0 spiro atoms. The van der Waals surface area contributed by atoms with Crippen molar-refractivity contribution < 1.29 is 9.53 Å². The Labute approximate surface area is 161 Å². The molecule has 2 aromatic carbocycles. The van der Waals surface area contributed by atoms with Gasteiger partial charge < -0.3 is 26.1 Å². The number of hydrogen-bond donors (Lipinski definition) is 3. The first-order valence-corrected chi connectivity index (χ1v) is 8.68. The first-order chi connectivity index (χ1) is 13.4. The summed E-state index contributed by atoms with van der Waals surface area (Å²) in [7, 11) is 1.70. The van der Waals surface area contributed by atoms with Crippen LogP contribution in [-0.2, 0) is 0 Å². The summed E-state index contributed by atoms with van der Waals surface area (Å²) in [6.45, 7) is 2.19. The molecule has 0 aliphatic rings. The van der Waals surface area contributed by atoms with E-state index in [1.807, 2.05) is 37.3 Å². The van der Waals surface area contributed by atoms with Gasteiger partial charge in [0.25, 0.3) is 11.5 Å². The van der Waals surface area contributed by atoms with Crippen molar-refractivity contribution in [1.82, 2.24) is 9.97 Å². The molecular weight excluding hydrogens is 358 g/mol. The van der Waals surface area contributed by atoms with E-state index in [9.17, 15) is 9.59 Å². The van der Waals surface area contributed by atoms with Crippen molar-refractivity contribution in [1.29, 1.82) is 0 Å². The Morgan fingerprint density at radius 1 is 1.18 bits per heavy atom. The second-order valence-corrected chi connectivity index (χ2v) is 6.06. The molecule has 0 fully saturated rings. The van der Waals surface area contributed by atoms with Crippen LogP contribution in [0.2, 0.25) is 0 Å². The minimum atomic E-state index is -0.533. The van der Waals surface area contributed by atoms with Crippen molar-refractivity contribution in [3.8, 4) is 17.1 Å². The Hall–Kier alpha value is -3.81. The average Bonchev–Trinajstić information content (AvgIpc) is 2.71. The van der Waals surface area contributed by atoms with Gasteiger partial charge in [0.1, 0.15) is 17.3 Å². The number of nitrogens with one attached hydrogen (secondary N) is 1. The van der Waals surface area contributed by atoms with E-state index < -0.39 is 5.56 Å². The number of nitrogen functional groups attached to an aromatic ring is 2. The van der Waals surface area contributed by atoms with Crippen molar-refractivity contribution in [3.63, 3.8) is 0 Å². The van der Waals surface area contributed by atoms with Gasteiger partial charge in [-0.1, -0.05) is 18.2 Å². The quantitative estimate of drug-likeness (QED) is 0.624. The molecule has 144 valence electrons. The predicted molar refractivity (Wildman–Crippen MR) is 109 cm³/mol. The number of nitrogens with zero attached hydrogens (tertiary/aromatic N) is 2. The lowest BCUT2D eigenvalue weighted by atomic mass is 10.1. The number of para-hydroxylation sites is 1. The highest BCUT2D eigenvalue weighted by Crippen LogP contribution is 2.30. The molecular formula is C20H21N5O3. The summed E-state index contributed by atoms with van der Waals surface area (Å²) in [5.41, 5.74) is 12.3. The molecule has 1 amide bonds. The third-order valence-corrected chi connectivity index (χ3v) is 4.22. The van der Waals surface area contributed by atoms with Crippen molar-refractivity contribution in [2.75, 3.05) is 30.0 Å². The minimum Gasteiger partial charge on any atom is -0.493 e. The van der Waals surface area contributed by atoms with Crippen LogP contribution < -0.4 is 26.7 Å². The fourth-order valence-corrected chi connectivity index (χ4v) is 2.72. The van der Waals surface area contributed by atoms with Gasteiger partial charge in [-0.2, -0.15) is 0 Å². The lowest BCUT2D eigenvalue weighted by Crippen LogP contribution is -2.26. The van der Waals surface area contributed by atoms with Crippen LogP contribution >= 0.6 is 0 Å². The number of nitrogens with two attached hydrogens (primary N) is 2. The van der Waals surface area contributed by atoms with Gasteiger partial charge in [-0.3, -0.25) is 9.59 Å². The number of rotatable bonds is 5. The summed E-state index contributed by atoms with van der Waals surface area (Å²) in [5.74, 6) is 0.361. The fraction of sp³-hybridized carbons (Fsp3) is 0.150. The number of amides is 1. The van der Waals surface area contributed by atoms with Gasteiger partial charge in [-0.05, 0) is 37.3 Å². The average molecular weight is 379 g/mol. The Morgan fingerprint density at radius 2 is 1.89 bits per heavy atom. The lowest BCUT2D eigenvalue weighted by Gasteiger charge is -2.18. The van der Waals surface area contributed by atoms with Crippen molar-refractivity contribution in [2.45, 2.75) is 6.92 Å². The van der Waals surface area contributed by atoms with Crippen LogP contribution in [0.4, 0.5) is 17.2 Å².